The largest absolute Gasteiger partial charge is 0.389 e. The Morgan fingerprint density at radius 3 is 2.68 bits per heavy atom. The third-order valence-corrected chi connectivity index (χ3v) is 2.65. The van der Waals surface area contributed by atoms with Crippen LogP contribution in [0.3, 0.4) is 0 Å². The highest BCUT2D eigenvalue weighted by Crippen LogP contribution is 2.15. The molecule has 3 heteroatoms. The van der Waals surface area contributed by atoms with Gasteiger partial charge in [0.05, 0.1) is 18.3 Å². The molecule has 1 unspecified atom stereocenters. The number of anilines is 1. The fourth-order valence-corrected chi connectivity index (χ4v) is 1.65. The smallest absolute Gasteiger partial charge is 0.0948 e. The summed E-state index contributed by atoms with van der Waals surface area (Å²) in [7, 11) is 1.93. The molecule has 1 atom stereocenters. The number of aliphatic hydroxyl groups is 1. The zero-order valence-electron chi connectivity index (χ0n) is 12.2. The summed E-state index contributed by atoms with van der Waals surface area (Å²) in [5.41, 5.74) is 1.60. The van der Waals surface area contributed by atoms with Crippen LogP contribution >= 0.6 is 0 Å². The van der Waals surface area contributed by atoms with Crippen molar-refractivity contribution in [3.63, 3.8) is 0 Å². The Balaban J connectivity index is 2.54. The molecule has 104 valence electrons. The predicted molar refractivity (Wildman–Crippen MR) is 79.4 cm³/mol. The Bertz CT molecular complexity index is 443. The number of ether oxygens (including phenoxy) is 1. The van der Waals surface area contributed by atoms with Gasteiger partial charge in [-0.3, -0.25) is 0 Å². The molecule has 0 heterocycles. The van der Waals surface area contributed by atoms with Gasteiger partial charge in [0, 0.05) is 24.8 Å². The van der Waals surface area contributed by atoms with Crippen LogP contribution in [0.15, 0.2) is 24.3 Å². The summed E-state index contributed by atoms with van der Waals surface area (Å²) in [6, 6.07) is 7.70. The molecule has 1 rings (SSSR count). The van der Waals surface area contributed by atoms with Crippen LogP contribution < -0.4 is 4.90 Å². The Hall–Kier alpha value is -1.50. The van der Waals surface area contributed by atoms with Crippen molar-refractivity contribution in [2.24, 2.45) is 0 Å². The SMILES string of the molecule is C#Cc1cccc(N(C)CC(O)COC(C)(C)C)c1. The van der Waals surface area contributed by atoms with Crippen LogP contribution in [0.25, 0.3) is 0 Å². The molecule has 19 heavy (non-hydrogen) atoms. The zero-order chi connectivity index (χ0) is 14.5. The van der Waals surface area contributed by atoms with Gasteiger partial charge in [-0.1, -0.05) is 12.0 Å². The van der Waals surface area contributed by atoms with E-state index in [9.17, 15) is 5.11 Å². The van der Waals surface area contributed by atoms with E-state index in [1.54, 1.807) is 0 Å². The number of hydrogen-bond acceptors (Lipinski definition) is 3. The number of benzene rings is 1. The average Bonchev–Trinajstić information content (AvgIpc) is 2.35. The lowest BCUT2D eigenvalue weighted by Crippen LogP contribution is -2.35. The van der Waals surface area contributed by atoms with Crippen molar-refractivity contribution < 1.29 is 9.84 Å². The first-order valence-electron chi connectivity index (χ1n) is 6.41. The van der Waals surface area contributed by atoms with Crippen LogP contribution in [0.1, 0.15) is 26.3 Å². The minimum absolute atomic E-state index is 0.233. The first-order valence-corrected chi connectivity index (χ1v) is 6.41. The summed E-state index contributed by atoms with van der Waals surface area (Å²) in [6.07, 6.45) is 4.85. The van der Waals surface area contributed by atoms with E-state index in [0.717, 1.165) is 11.3 Å². The third-order valence-electron chi connectivity index (χ3n) is 2.65. The fourth-order valence-electron chi connectivity index (χ4n) is 1.65. The van der Waals surface area contributed by atoms with E-state index in [-0.39, 0.29) is 5.60 Å². The highest BCUT2D eigenvalue weighted by Gasteiger charge is 2.15. The Morgan fingerprint density at radius 2 is 2.11 bits per heavy atom. The molecular weight excluding hydrogens is 238 g/mol. The number of nitrogens with zero attached hydrogens (tertiary/aromatic N) is 1. The van der Waals surface area contributed by atoms with E-state index in [2.05, 4.69) is 5.92 Å². The maximum atomic E-state index is 9.96. The molecule has 0 aromatic heterocycles. The van der Waals surface area contributed by atoms with E-state index in [1.165, 1.54) is 0 Å². The first kappa shape index (κ1) is 15.6. The highest BCUT2D eigenvalue weighted by atomic mass is 16.5. The molecule has 3 nitrogen and oxygen atoms in total. The van der Waals surface area contributed by atoms with Gasteiger partial charge < -0.3 is 14.7 Å². The number of terminal acetylenes is 1. The van der Waals surface area contributed by atoms with Crippen molar-refractivity contribution in [2.45, 2.75) is 32.5 Å². The normalized spacial score (nSPS) is 12.8. The van der Waals surface area contributed by atoms with E-state index >= 15 is 0 Å². The van der Waals surface area contributed by atoms with Gasteiger partial charge in [-0.25, -0.2) is 0 Å². The summed E-state index contributed by atoms with van der Waals surface area (Å²) in [4.78, 5) is 1.97. The molecule has 0 aliphatic heterocycles. The van der Waals surface area contributed by atoms with Gasteiger partial charge in [-0.15, -0.1) is 6.42 Å². The average molecular weight is 261 g/mol. The number of hydrogen-bond donors (Lipinski definition) is 1. The lowest BCUT2D eigenvalue weighted by atomic mass is 10.2. The lowest BCUT2D eigenvalue weighted by Gasteiger charge is -2.26. The summed E-state index contributed by atoms with van der Waals surface area (Å²) in [5, 5.41) is 9.96. The van der Waals surface area contributed by atoms with E-state index in [0.29, 0.717) is 13.2 Å². The van der Waals surface area contributed by atoms with Crippen LogP contribution in [0.5, 0.6) is 0 Å². The number of rotatable bonds is 5. The minimum atomic E-state index is -0.529. The van der Waals surface area contributed by atoms with Crippen molar-refractivity contribution in [1.82, 2.24) is 0 Å². The van der Waals surface area contributed by atoms with Gasteiger partial charge in [-0.05, 0) is 39.0 Å². The van der Waals surface area contributed by atoms with Crippen LogP contribution in [0.4, 0.5) is 5.69 Å². The van der Waals surface area contributed by atoms with Gasteiger partial charge >= 0.3 is 0 Å². The monoisotopic (exact) mass is 261 g/mol. The van der Waals surface area contributed by atoms with Gasteiger partial charge in [0.15, 0.2) is 0 Å². The standard InChI is InChI=1S/C16H23NO2/c1-6-13-8-7-9-14(10-13)17(5)11-15(18)12-19-16(2,3)4/h1,7-10,15,18H,11-12H2,2-5H3. The topological polar surface area (TPSA) is 32.7 Å². The molecule has 1 N–H and O–H groups in total. The quantitative estimate of drug-likeness (QED) is 0.825. The molecule has 0 saturated heterocycles. The van der Waals surface area contributed by atoms with Gasteiger partial charge in [0.25, 0.3) is 0 Å². The van der Waals surface area contributed by atoms with E-state index in [1.807, 2.05) is 57.0 Å². The van der Waals surface area contributed by atoms with Crippen LogP contribution in [-0.2, 0) is 4.74 Å². The molecule has 0 fully saturated rings. The molecule has 0 saturated carbocycles. The van der Waals surface area contributed by atoms with Crippen molar-refractivity contribution >= 4 is 5.69 Å². The summed E-state index contributed by atoms with van der Waals surface area (Å²) >= 11 is 0. The Labute approximate surface area is 116 Å². The predicted octanol–water partition coefficient (Wildman–Crippen LogP) is 2.28. The second-order valence-electron chi connectivity index (χ2n) is 5.65. The first-order chi connectivity index (χ1) is 8.81. The second-order valence-corrected chi connectivity index (χ2v) is 5.65. The summed E-state index contributed by atoms with van der Waals surface area (Å²) in [5.74, 6) is 2.61. The van der Waals surface area contributed by atoms with Gasteiger partial charge in [0.2, 0.25) is 0 Å². The summed E-state index contributed by atoms with van der Waals surface area (Å²) < 4.78 is 5.56. The fraction of sp³-hybridized carbons (Fsp3) is 0.500. The van der Waals surface area contributed by atoms with Crippen LogP contribution in [-0.4, -0.2) is 37.0 Å². The molecule has 0 amide bonds. The molecule has 0 spiro atoms. The minimum Gasteiger partial charge on any atom is -0.389 e. The van der Waals surface area contributed by atoms with Crippen molar-refractivity contribution in [2.75, 3.05) is 25.1 Å². The number of aliphatic hydroxyl groups excluding tert-OH is 1. The maximum Gasteiger partial charge on any atom is 0.0948 e. The summed E-state index contributed by atoms with van der Waals surface area (Å²) in [6.45, 7) is 6.74. The van der Waals surface area contributed by atoms with Crippen molar-refractivity contribution in [3.8, 4) is 12.3 Å². The molecular formula is C16H23NO2. The van der Waals surface area contributed by atoms with E-state index in [4.69, 9.17) is 11.2 Å². The second kappa shape index (κ2) is 6.60. The molecule has 0 bridgehead atoms. The Kier molecular flexibility index (Phi) is 5.41. The Morgan fingerprint density at radius 1 is 1.42 bits per heavy atom. The van der Waals surface area contributed by atoms with Crippen molar-refractivity contribution in [1.29, 1.82) is 0 Å². The molecule has 0 radical (unpaired) electrons. The lowest BCUT2D eigenvalue weighted by molar-refractivity contribution is -0.0461. The molecule has 0 aliphatic rings. The van der Waals surface area contributed by atoms with Crippen LogP contribution in [0, 0.1) is 12.3 Å². The molecule has 1 aromatic carbocycles. The molecule has 0 aliphatic carbocycles. The van der Waals surface area contributed by atoms with Crippen molar-refractivity contribution in [3.05, 3.63) is 29.8 Å². The van der Waals surface area contributed by atoms with Gasteiger partial charge in [0.1, 0.15) is 0 Å². The van der Waals surface area contributed by atoms with Gasteiger partial charge in [-0.2, -0.15) is 0 Å². The third kappa shape index (κ3) is 5.78. The highest BCUT2D eigenvalue weighted by molar-refractivity contribution is 5.51. The zero-order valence-corrected chi connectivity index (χ0v) is 12.2. The maximum absolute atomic E-state index is 9.96. The number of likely N-dealkylation sites (N-methyl/N-ethyl adjacent to an activating group) is 1. The van der Waals surface area contributed by atoms with Crippen LogP contribution in [0.2, 0.25) is 0 Å². The molecule has 1 aromatic rings. The van der Waals surface area contributed by atoms with E-state index < -0.39 is 6.10 Å².